The molecule has 1 N–H and O–H groups in total. The molecule has 0 spiro atoms. The Bertz CT molecular complexity index is 572. The van der Waals surface area contributed by atoms with E-state index in [1.807, 2.05) is 4.90 Å². The van der Waals surface area contributed by atoms with E-state index >= 15 is 0 Å². The first-order valence-corrected chi connectivity index (χ1v) is 9.84. The number of likely N-dealkylation sites (N-methyl/N-ethyl adjacent to an activating group) is 1. The zero-order valence-electron chi connectivity index (χ0n) is 16.4. The summed E-state index contributed by atoms with van der Waals surface area (Å²) in [7, 11) is 2.18. The number of anilines is 2. The van der Waals surface area contributed by atoms with E-state index in [4.69, 9.17) is 0 Å². The van der Waals surface area contributed by atoms with Crippen LogP contribution in [0.25, 0.3) is 0 Å². The number of urea groups is 1. The predicted octanol–water partition coefficient (Wildman–Crippen LogP) is 1.93. The average Bonchev–Trinajstić information content (AvgIpc) is 2.67. The first kappa shape index (κ1) is 18.8. The second-order valence-electron chi connectivity index (χ2n) is 7.86. The molecule has 0 bridgehead atoms. The molecule has 0 saturated carbocycles. The summed E-state index contributed by atoms with van der Waals surface area (Å²) in [6.45, 7) is 12.8. The molecule has 2 amide bonds. The Morgan fingerprint density at radius 2 is 1.35 bits per heavy atom. The van der Waals surface area contributed by atoms with E-state index in [0.29, 0.717) is 5.92 Å². The molecule has 1 aromatic carbocycles. The maximum atomic E-state index is 12.2. The maximum absolute atomic E-state index is 12.2. The lowest BCUT2D eigenvalue weighted by molar-refractivity contribution is 0.193. The van der Waals surface area contributed by atoms with E-state index in [0.717, 1.165) is 58.9 Å². The van der Waals surface area contributed by atoms with Gasteiger partial charge < -0.3 is 24.9 Å². The molecule has 0 atom stereocenters. The first-order valence-electron chi connectivity index (χ1n) is 9.84. The summed E-state index contributed by atoms with van der Waals surface area (Å²) in [5.74, 6) is 0.485. The van der Waals surface area contributed by atoms with Crippen molar-refractivity contribution >= 4 is 17.4 Å². The molecule has 2 heterocycles. The van der Waals surface area contributed by atoms with Crippen molar-refractivity contribution in [1.29, 1.82) is 0 Å². The fourth-order valence-corrected chi connectivity index (χ4v) is 3.51. The number of piperazine rings is 2. The van der Waals surface area contributed by atoms with Gasteiger partial charge in [0, 0.05) is 70.3 Å². The Kier molecular flexibility index (Phi) is 6.25. The van der Waals surface area contributed by atoms with Crippen LogP contribution in [0.15, 0.2) is 24.3 Å². The van der Waals surface area contributed by atoms with Crippen molar-refractivity contribution in [3.8, 4) is 0 Å². The summed E-state index contributed by atoms with van der Waals surface area (Å²) in [6.07, 6.45) is 0. The molecular formula is C20H33N5O. The second kappa shape index (κ2) is 8.62. The summed E-state index contributed by atoms with van der Waals surface area (Å²) in [5.41, 5.74) is 2.57. The van der Waals surface area contributed by atoms with Crippen molar-refractivity contribution in [2.45, 2.75) is 13.8 Å². The quantitative estimate of drug-likeness (QED) is 0.892. The van der Waals surface area contributed by atoms with E-state index in [9.17, 15) is 4.79 Å². The Morgan fingerprint density at radius 3 is 1.81 bits per heavy atom. The highest BCUT2D eigenvalue weighted by atomic mass is 16.2. The smallest absolute Gasteiger partial charge is 0.317 e. The van der Waals surface area contributed by atoms with E-state index < -0.39 is 0 Å². The highest BCUT2D eigenvalue weighted by Gasteiger charge is 2.21. The van der Waals surface area contributed by atoms with Gasteiger partial charge in [-0.25, -0.2) is 4.79 Å². The largest absolute Gasteiger partial charge is 0.369 e. The van der Waals surface area contributed by atoms with Crippen LogP contribution in [0.5, 0.6) is 0 Å². The van der Waals surface area contributed by atoms with E-state index in [1.165, 1.54) is 11.4 Å². The minimum Gasteiger partial charge on any atom is -0.369 e. The van der Waals surface area contributed by atoms with Gasteiger partial charge >= 0.3 is 6.03 Å². The van der Waals surface area contributed by atoms with Crippen LogP contribution in [-0.4, -0.2) is 81.8 Å². The molecule has 0 aromatic heterocycles. The first-order chi connectivity index (χ1) is 12.5. The van der Waals surface area contributed by atoms with E-state index in [-0.39, 0.29) is 6.03 Å². The summed E-state index contributed by atoms with van der Waals surface area (Å²) >= 11 is 0. The van der Waals surface area contributed by atoms with Gasteiger partial charge in [-0.3, -0.25) is 0 Å². The van der Waals surface area contributed by atoms with Crippen LogP contribution < -0.4 is 15.1 Å². The van der Waals surface area contributed by atoms with Gasteiger partial charge in [0.15, 0.2) is 0 Å². The molecule has 2 saturated heterocycles. The van der Waals surface area contributed by atoms with Gasteiger partial charge in [0.2, 0.25) is 0 Å². The Labute approximate surface area is 157 Å². The summed E-state index contributed by atoms with van der Waals surface area (Å²) in [4.78, 5) is 21.3. The molecule has 0 radical (unpaired) electrons. The highest BCUT2D eigenvalue weighted by molar-refractivity contribution is 5.74. The van der Waals surface area contributed by atoms with Gasteiger partial charge in [-0.15, -0.1) is 0 Å². The van der Waals surface area contributed by atoms with Crippen LogP contribution in [0.3, 0.4) is 0 Å². The van der Waals surface area contributed by atoms with Crippen molar-refractivity contribution in [2.24, 2.45) is 5.92 Å². The van der Waals surface area contributed by atoms with Gasteiger partial charge in [-0.2, -0.15) is 0 Å². The number of hydrogen-bond acceptors (Lipinski definition) is 4. The lowest BCUT2D eigenvalue weighted by Gasteiger charge is -2.37. The molecule has 144 valence electrons. The fraction of sp³-hybridized carbons (Fsp3) is 0.650. The van der Waals surface area contributed by atoms with Crippen molar-refractivity contribution in [3.05, 3.63) is 24.3 Å². The highest BCUT2D eigenvalue weighted by Crippen LogP contribution is 2.22. The van der Waals surface area contributed by atoms with Crippen LogP contribution in [-0.2, 0) is 0 Å². The second-order valence-corrected chi connectivity index (χ2v) is 7.86. The molecular weight excluding hydrogens is 326 g/mol. The van der Waals surface area contributed by atoms with Gasteiger partial charge in [-0.05, 0) is 37.2 Å². The molecule has 2 aliphatic rings. The van der Waals surface area contributed by atoms with Crippen LogP contribution in [0, 0.1) is 5.92 Å². The Hall–Kier alpha value is -1.95. The number of rotatable bonds is 4. The third-order valence-corrected chi connectivity index (χ3v) is 5.31. The number of benzene rings is 1. The van der Waals surface area contributed by atoms with Gasteiger partial charge in [-0.1, -0.05) is 13.8 Å². The van der Waals surface area contributed by atoms with Crippen LogP contribution in [0.4, 0.5) is 16.2 Å². The predicted molar refractivity (Wildman–Crippen MR) is 108 cm³/mol. The molecule has 6 nitrogen and oxygen atoms in total. The zero-order chi connectivity index (χ0) is 18.5. The number of hydrogen-bond donors (Lipinski definition) is 1. The minimum absolute atomic E-state index is 0.0729. The van der Waals surface area contributed by atoms with Gasteiger partial charge in [0.05, 0.1) is 0 Å². The van der Waals surface area contributed by atoms with Crippen molar-refractivity contribution in [1.82, 2.24) is 15.1 Å². The zero-order valence-corrected chi connectivity index (χ0v) is 16.4. The van der Waals surface area contributed by atoms with E-state index in [1.54, 1.807) is 0 Å². The molecule has 0 unspecified atom stereocenters. The Morgan fingerprint density at radius 1 is 0.885 bits per heavy atom. The third kappa shape index (κ3) is 4.81. The number of nitrogens with one attached hydrogen (secondary N) is 1. The lowest BCUT2D eigenvalue weighted by atomic mass is 10.2. The normalized spacial score (nSPS) is 19.2. The van der Waals surface area contributed by atoms with E-state index in [2.05, 4.69) is 65.2 Å². The third-order valence-electron chi connectivity index (χ3n) is 5.31. The van der Waals surface area contributed by atoms with Crippen molar-refractivity contribution in [3.63, 3.8) is 0 Å². The fourth-order valence-electron chi connectivity index (χ4n) is 3.51. The van der Waals surface area contributed by atoms with Gasteiger partial charge in [0.1, 0.15) is 0 Å². The average molecular weight is 360 g/mol. The molecule has 3 rings (SSSR count). The van der Waals surface area contributed by atoms with Gasteiger partial charge in [0.25, 0.3) is 0 Å². The summed E-state index contributed by atoms with van der Waals surface area (Å²) in [6, 6.07) is 9.00. The lowest BCUT2D eigenvalue weighted by Crippen LogP contribution is -2.52. The molecule has 1 aromatic rings. The number of nitrogens with zero attached hydrogens (tertiary/aromatic N) is 4. The number of carbonyl (C=O) groups excluding carboxylic acids is 1. The maximum Gasteiger partial charge on any atom is 0.317 e. The SMILES string of the molecule is CC(C)CNC(=O)N1CCN(c2ccc(N3CCN(C)CC3)cc2)CC1. The standard InChI is InChI=1S/C20H33N5O/c1-17(2)16-21-20(26)25-14-12-24(13-15-25)19-6-4-18(5-7-19)23-10-8-22(3)9-11-23/h4-7,17H,8-16H2,1-3H3,(H,21,26). The topological polar surface area (TPSA) is 42.1 Å². The molecule has 26 heavy (non-hydrogen) atoms. The van der Waals surface area contributed by atoms with Crippen LogP contribution in [0.1, 0.15) is 13.8 Å². The summed E-state index contributed by atoms with van der Waals surface area (Å²) in [5, 5.41) is 3.01. The van der Waals surface area contributed by atoms with Crippen LogP contribution in [0.2, 0.25) is 0 Å². The molecule has 2 fully saturated rings. The number of carbonyl (C=O) groups is 1. The Balaban J connectivity index is 1.49. The van der Waals surface area contributed by atoms with Crippen molar-refractivity contribution < 1.29 is 4.79 Å². The molecule has 2 aliphatic heterocycles. The number of amides is 2. The monoisotopic (exact) mass is 359 g/mol. The van der Waals surface area contributed by atoms with Crippen molar-refractivity contribution in [2.75, 3.05) is 75.8 Å². The molecule has 6 heteroatoms. The molecule has 0 aliphatic carbocycles. The van der Waals surface area contributed by atoms with Crippen LogP contribution >= 0.6 is 0 Å². The summed E-state index contributed by atoms with van der Waals surface area (Å²) < 4.78 is 0. The minimum atomic E-state index is 0.0729.